The van der Waals surface area contributed by atoms with Crippen molar-refractivity contribution >= 4 is 46.6 Å². The van der Waals surface area contributed by atoms with Crippen molar-refractivity contribution in [1.82, 2.24) is 9.88 Å². The number of carboxylic acid groups (broad SMARTS) is 1. The second-order valence-corrected chi connectivity index (χ2v) is 10.9. The number of amides is 1. The number of nitrogens with zero attached hydrogens (tertiary/aromatic N) is 2. The molecule has 3 aromatic rings. The number of carboxylic acids is 1. The zero-order chi connectivity index (χ0) is 28.1. The molecule has 1 aliphatic carbocycles. The van der Waals surface area contributed by atoms with Crippen LogP contribution in [0.4, 0.5) is 20.2 Å². The summed E-state index contributed by atoms with van der Waals surface area (Å²) in [5.41, 5.74) is 9.85. The van der Waals surface area contributed by atoms with Gasteiger partial charge in [-0.15, -0.1) is 12.4 Å². The van der Waals surface area contributed by atoms with Crippen LogP contribution in [0.2, 0.25) is 0 Å². The lowest BCUT2D eigenvalue weighted by atomic mass is 9.89. The van der Waals surface area contributed by atoms with Gasteiger partial charge in [0.25, 0.3) is 0 Å². The molecule has 0 radical (unpaired) electrons. The number of pyridine rings is 1. The Balaban J connectivity index is 0.00000370. The summed E-state index contributed by atoms with van der Waals surface area (Å²) in [6, 6.07) is 8.49. The van der Waals surface area contributed by atoms with Crippen LogP contribution >= 0.6 is 12.4 Å². The van der Waals surface area contributed by atoms with Crippen LogP contribution in [-0.2, 0) is 11.2 Å². The molecule has 0 spiro atoms. The quantitative estimate of drug-likeness (QED) is 0.302. The van der Waals surface area contributed by atoms with E-state index in [-0.39, 0.29) is 48.6 Å². The summed E-state index contributed by atoms with van der Waals surface area (Å²) in [6.45, 7) is 2.68. The van der Waals surface area contributed by atoms with Crippen LogP contribution in [0.5, 0.6) is 0 Å². The molecule has 2 unspecified atom stereocenters. The Morgan fingerprint density at radius 1 is 1.20 bits per heavy atom. The number of hydrogen-bond acceptors (Lipinski definition) is 6. The third-order valence-electron chi connectivity index (χ3n) is 7.73. The fourth-order valence-electron chi connectivity index (χ4n) is 5.37. The standard InChI is InChI=1S/C28H31F2N5O4.ClH/c1-28(13-33-26(37)18(31)11-15-5-3-2-4-6-15)9-10-34(14-28)24-20(29)22(32)19-23(21(24)30)35(16-7-8-16)12-17(25(19)36)27(38)39;/h2-6,12,16,18H,7-11,13-14,31-32H2,1H3,(H,33,37)(H,38,39);1H. The number of carbonyl (C=O) groups is 2. The van der Waals surface area contributed by atoms with Gasteiger partial charge < -0.3 is 31.4 Å². The van der Waals surface area contributed by atoms with Crippen molar-refractivity contribution in [3.63, 3.8) is 0 Å². The van der Waals surface area contributed by atoms with Crippen LogP contribution < -0.4 is 27.1 Å². The number of anilines is 2. The summed E-state index contributed by atoms with van der Waals surface area (Å²) < 4.78 is 33.1. The number of halogens is 3. The van der Waals surface area contributed by atoms with Gasteiger partial charge in [0, 0.05) is 37.3 Å². The van der Waals surface area contributed by atoms with Gasteiger partial charge in [0.2, 0.25) is 11.3 Å². The van der Waals surface area contributed by atoms with Gasteiger partial charge in [0.05, 0.1) is 22.6 Å². The van der Waals surface area contributed by atoms with E-state index in [2.05, 4.69) is 5.32 Å². The monoisotopic (exact) mass is 575 g/mol. The second-order valence-electron chi connectivity index (χ2n) is 10.9. The lowest BCUT2D eigenvalue weighted by molar-refractivity contribution is -0.122. The summed E-state index contributed by atoms with van der Waals surface area (Å²) in [7, 11) is 0. The first-order valence-electron chi connectivity index (χ1n) is 12.9. The highest BCUT2D eigenvalue weighted by molar-refractivity contribution is 5.99. The number of aromatic carboxylic acids is 1. The number of nitrogen functional groups attached to an aromatic ring is 1. The molecule has 1 amide bonds. The molecule has 0 bridgehead atoms. The SMILES string of the molecule is CC1(CNC(=O)C(N)Cc2ccccc2)CCN(c2c(F)c(N)c3c(=O)c(C(=O)O)cn(C4CC4)c3c2F)C1.Cl. The van der Waals surface area contributed by atoms with Crippen molar-refractivity contribution in [3.8, 4) is 0 Å². The maximum absolute atomic E-state index is 16.1. The number of nitrogens with one attached hydrogen (secondary N) is 1. The molecular formula is C28H32ClF2N5O4. The van der Waals surface area contributed by atoms with Crippen LogP contribution in [0, 0.1) is 17.0 Å². The minimum absolute atomic E-state index is 0. The molecule has 1 aliphatic heterocycles. The minimum atomic E-state index is -1.48. The van der Waals surface area contributed by atoms with E-state index in [1.54, 1.807) is 0 Å². The average molecular weight is 576 g/mol. The van der Waals surface area contributed by atoms with Crippen LogP contribution in [0.3, 0.4) is 0 Å². The summed E-state index contributed by atoms with van der Waals surface area (Å²) in [5.74, 6) is -3.84. The van der Waals surface area contributed by atoms with Gasteiger partial charge in [0.15, 0.2) is 11.6 Å². The Kier molecular flexibility index (Phi) is 8.09. The summed E-state index contributed by atoms with van der Waals surface area (Å²) >= 11 is 0. The van der Waals surface area contributed by atoms with Crippen LogP contribution in [0.1, 0.15) is 48.1 Å². The van der Waals surface area contributed by atoms with Crippen molar-refractivity contribution in [2.24, 2.45) is 11.1 Å². The third-order valence-corrected chi connectivity index (χ3v) is 7.73. The number of carbonyl (C=O) groups excluding carboxylic acids is 1. The summed E-state index contributed by atoms with van der Waals surface area (Å²) in [5, 5.41) is 11.9. The van der Waals surface area contributed by atoms with Gasteiger partial charge in [-0.25, -0.2) is 13.6 Å². The molecule has 2 aromatic carbocycles. The molecule has 2 fully saturated rings. The molecule has 40 heavy (non-hydrogen) atoms. The van der Waals surface area contributed by atoms with Gasteiger partial charge in [-0.1, -0.05) is 37.3 Å². The van der Waals surface area contributed by atoms with Crippen molar-refractivity contribution < 1.29 is 23.5 Å². The maximum atomic E-state index is 16.1. The highest BCUT2D eigenvalue weighted by Crippen LogP contribution is 2.43. The fraction of sp³-hybridized carbons (Fsp3) is 0.393. The lowest BCUT2D eigenvalue weighted by Gasteiger charge is -2.28. The van der Waals surface area contributed by atoms with Gasteiger partial charge >= 0.3 is 5.97 Å². The normalized spacial score (nSPS) is 19.4. The molecule has 2 aliphatic rings. The van der Waals surface area contributed by atoms with Crippen molar-refractivity contribution in [2.45, 2.75) is 44.7 Å². The molecule has 9 nitrogen and oxygen atoms in total. The van der Waals surface area contributed by atoms with E-state index in [9.17, 15) is 19.5 Å². The molecule has 1 saturated heterocycles. The Morgan fingerprint density at radius 3 is 2.50 bits per heavy atom. The third kappa shape index (κ3) is 5.35. The molecule has 1 saturated carbocycles. The van der Waals surface area contributed by atoms with E-state index in [1.807, 2.05) is 37.3 Å². The Bertz CT molecular complexity index is 1530. The zero-order valence-corrected chi connectivity index (χ0v) is 22.8. The maximum Gasteiger partial charge on any atom is 0.341 e. The number of aromatic nitrogens is 1. The first-order chi connectivity index (χ1) is 18.5. The molecule has 1 aromatic heterocycles. The number of nitrogens with two attached hydrogens (primary N) is 2. The largest absolute Gasteiger partial charge is 0.477 e. The average Bonchev–Trinajstić information content (AvgIpc) is 3.68. The molecular weight excluding hydrogens is 544 g/mol. The van der Waals surface area contributed by atoms with E-state index in [1.165, 1.54) is 9.47 Å². The molecule has 6 N–H and O–H groups in total. The van der Waals surface area contributed by atoms with Gasteiger partial charge in [-0.2, -0.15) is 0 Å². The molecule has 214 valence electrons. The van der Waals surface area contributed by atoms with E-state index in [4.69, 9.17) is 11.5 Å². The minimum Gasteiger partial charge on any atom is -0.477 e. The Morgan fingerprint density at radius 2 is 1.88 bits per heavy atom. The van der Waals surface area contributed by atoms with Crippen molar-refractivity contribution in [1.29, 1.82) is 0 Å². The van der Waals surface area contributed by atoms with E-state index >= 15 is 8.78 Å². The number of hydrogen-bond donors (Lipinski definition) is 4. The van der Waals surface area contributed by atoms with Gasteiger partial charge in [-0.3, -0.25) is 9.59 Å². The number of benzene rings is 2. The first kappa shape index (κ1) is 29.3. The zero-order valence-electron chi connectivity index (χ0n) is 22.0. The molecule has 12 heteroatoms. The molecule has 2 atom stereocenters. The van der Waals surface area contributed by atoms with Crippen molar-refractivity contribution in [3.05, 3.63) is 69.5 Å². The smallest absolute Gasteiger partial charge is 0.341 e. The summed E-state index contributed by atoms with van der Waals surface area (Å²) in [4.78, 5) is 38.7. The summed E-state index contributed by atoms with van der Waals surface area (Å²) in [6.07, 6.45) is 3.39. The highest BCUT2D eigenvalue weighted by atomic mass is 35.5. The van der Waals surface area contributed by atoms with E-state index < -0.39 is 51.1 Å². The predicted octanol–water partition coefficient (Wildman–Crippen LogP) is 3.22. The van der Waals surface area contributed by atoms with Crippen molar-refractivity contribution in [2.75, 3.05) is 30.3 Å². The highest BCUT2D eigenvalue weighted by Gasteiger charge is 2.39. The second kappa shape index (κ2) is 11.1. The van der Waals surface area contributed by atoms with Crippen LogP contribution in [0.15, 0.2) is 41.3 Å². The van der Waals surface area contributed by atoms with E-state index in [0.29, 0.717) is 32.2 Å². The predicted molar refractivity (Wildman–Crippen MR) is 151 cm³/mol. The Hall–Kier alpha value is -3.70. The van der Waals surface area contributed by atoms with E-state index in [0.717, 1.165) is 11.8 Å². The number of fused-ring (bicyclic) bond motifs is 1. The molecule has 5 rings (SSSR count). The number of rotatable bonds is 8. The lowest BCUT2D eigenvalue weighted by Crippen LogP contribution is -2.46. The fourth-order valence-corrected chi connectivity index (χ4v) is 5.37. The van der Waals surface area contributed by atoms with Gasteiger partial charge in [-0.05, 0) is 31.2 Å². The van der Waals surface area contributed by atoms with Gasteiger partial charge in [0.1, 0.15) is 11.3 Å². The Labute approximate surface area is 235 Å². The molecule has 2 heterocycles. The first-order valence-corrected chi connectivity index (χ1v) is 12.9. The topological polar surface area (TPSA) is 144 Å². The van der Waals surface area contributed by atoms with Crippen LogP contribution in [0.25, 0.3) is 10.9 Å². The van der Waals surface area contributed by atoms with Crippen LogP contribution in [-0.4, -0.2) is 47.2 Å².